The number of carbonyl (C=O) groups excluding carboxylic acids is 2. The molecule has 4 aliphatic rings. The number of piperidine rings is 1. The van der Waals surface area contributed by atoms with Gasteiger partial charge in [0.15, 0.2) is 0 Å². The Morgan fingerprint density at radius 3 is 2.67 bits per heavy atom. The Bertz CT molecular complexity index is 739. The molecule has 1 saturated carbocycles. The molecule has 0 aromatic carbocycles. The smallest absolute Gasteiger partial charge is 0.410 e. The van der Waals surface area contributed by atoms with E-state index in [2.05, 4.69) is 21.8 Å². The van der Waals surface area contributed by atoms with E-state index >= 15 is 0 Å². The van der Waals surface area contributed by atoms with E-state index in [1.165, 1.54) is 7.11 Å². The Balaban J connectivity index is 1.47. The first kappa shape index (κ1) is 24.0. The first-order chi connectivity index (χ1) is 16.0. The topological polar surface area (TPSA) is 110 Å². The molecule has 0 spiro atoms. The second kappa shape index (κ2) is 10.9. The molecule has 3 saturated heterocycles. The molecule has 3 heterocycles. The molecule has 4 fully saturated rings. The quantitative estimate of drug-likeness (QED) is 0.647. The second-order valence-electron chi connectivity index (χ2n) is 9.92. The minimum Gasteiger partial charge on any atom is -0.453 e. The van der Waals surface area contributed by atoms with Crippen LogP contribution in [0.15, 0.2) is 0 Å². The van der Waals surface area contributed by atoms with Gasteiger partial charge in [0.05, 0.1) is 31.3 Å². The van der Waals surface area contributed by atoms with Gasteiger partial charge in [-0.1, -0.05) is 0 Å². The van der Waals surface area contributed by atoms with Crippen molar-refractivity contribution in [2.24, 2.45) is 11.8 Å². The summed E-state index contributed by atoms with van der Waals surface area (Å²) in [6.45, 7) is 6.65. The highest BCUT2D eigenvalue weighted by Gasteiger charge is 2.49. The van der Waals surface area contributed by atoms with E-state index in [0.29, 0.717) is 31.3 Å². The van der Waals surface area contributed by atoms with Crippen molar-refractivity contribution in [2.45, 2.75) is 69.7 Å². The largest absolute Gasteiger partial charge is 0.453 e. The van der Waals surface area contributed by atoms with Gasteiger partial charge in [-0.15, -0.1) is 0 Å². The highest BCUT2D eigenvalue weighted by atomic mass is 16.6. The van der Waals surface area contributed by atoms with Crippen LogP contribution in [0, 0.1) is 23.2 Å². The molecule has 2 amide bonds. The number of hydrogen-bond acceptors (Lipinski definition) is 8. The molecule has 0 radical (unpaired) electrons. The normalized spacial score (nSPS) is 34.9. The molecule has 0 aromatic heterocycles. The minimum atomic E-state index is -0.314. The van der Waals surface area contributed by atoms with Crippen molar-refractivity contribution in [3.05, 3.63) is 0 Å². The van der Waals surface area contributed by atoms with Crippen molar-refractivity contribution in [1.29, 1.82) is 5.26 Å². The van der Waals surface area contributed by atoms with Crippen molar-refractivity contribution in [3.63, 3.8) is 0 Å². The summed E-state index contributed by atoms with van der Waals surface area (Å²) in [5.41, 5.74) is 3.43. The Kier molecular flexibility index (Phi) is 7.94. The lowest BCUT2D eigenvalue weighted by Gasteiger charge is -2.53. The third kappa shape index (κ3) is 5.36. The lowest BCUT2D eigenvalue weighted by atomic mass is 9.73. The zero-order valence-corrected chi connectivity index (χ0v) is 19.9. The number of carbonyl (C=O) groups is 2. The molecular weight excluding hydrogens is 424 g/mol. The van der Waals surface area contributed by atoms with Gasteiger partial charge in [-0.3, -0.25) is 10.3 Å². The number of nitrogens with one attached hydrogen (secondary N) is 2. The fraction of sp³-hybridized carbons (Fsp3) is 0.870. The van der Waals surface area contributed by atoms with Crippen LogP contribution in [0.1, 0.15) is 45.4 Å². The molecule has 1 aliphatic carbocycles. The van der Waals surface area contributed by atoms with Crippen LogP contribution >= 0.6 is 0 Å². The van der Waals surface area contributed by atoms with Crippen LogP contribution < -0.4 is 10.7 Å². The number of methoxy groups -OCH3 is 1. The Morgan fingerprint density at radius 2 is 1.94 bits per heavy atom. The van der Waals surface area contributed by atoms with Crippen molar-refractivity contribution < 1.29 is 19.1 Å². The average molecular weight is 463 g/mol. The zero-order chi connectivity index (χ0) is 23.4. The molecule has 5 unspecified atom stereocenters. The number of fused-ring (bicyclic) bond motifs is 1. The van der Waals surface area contributed by atoms with Crippen LogP contribution in [0.5, 0.6) is 0 Å². The maximum Gasteiger partial charge on any atom is 0.410 e. The summed E-state index contributed by atoms with van der Waals surface area (Å²) in [4.78, 5) is 29.7. The summed E-state index contributed by atoms with van der Waals surface area (Å²) >= 11 is 0. The van der Waals surface area contributed by atoms with Gasteiger partial charge in [-0.2, -0.15) is 5.26 Å². The fourth-order valence-corrected chi connectivity index (χ4v) is 6.18. The van der Waals surface area contributed by atoms with E-state index in [-0.39, 0.29) is 36.4 Å². The van der Waals surface area contributed by atoms with E-state index in [4.69, 9.17) is 14.7 Å². The number of ether oxygens (including phenoxy) is 2. The van der Waals surface area contributed by atoms with E-state index in [1.807, 2.05) is 16.7 Å². The minimum absolute atomic E-state index is 0.0569. The zero-order valence-electron chi connectivity index (χ0n) is 19.9. The highest BCUT2D eigenvalue weighted by molar-refractivity contribution is 5.72. The summed E-state index contributed by atoms with van der Waals surface area (Å²) in [5.74, 6) is 0.918. The first-order valence-corrected chi connectivity index (χ1v) is 12.4. The summed E-state index contributed by atoms with van der Waals surface area (Å²) < 4.78 is 11.0. The molecule has 33 heavy (non-hydrogen) atoms. The number of hydrazine groups is 1. The second-order valence-corrected chi connectivity index (χ2v) is 9.92. The Labute approximate surface area is 196 Å². The lowest BCUT2D eigenvalue weighted by Crippen LogP contribution is -2.67. The molecular formula is C23H38N6O4. The molecule has 10 nitrogen and oxygen atoms in total. The van der Waals surface area contributed by atoms with E-state index in [0.717, 1.165) is 58.3 Å². The number of piperazine rings is 1. The number of rotatable bonds is 4. The highest BCUT2D eigenvalue weighted by Crippen LogP contribution is 2.40. The lowest BCUT2D eigenvalue weighted by molar-refractivity contribution is -0.0479. The number of nitrogens with zero attached hydrogens (tertiary/aromatic N) is 4. The van der Waals surface area contributed by atoms with E-state index in [9.17, 15) is 9.59 Å². The average Bonchev–Trinajstić information content (AvgIpc) is 3.31. The van der Waals surface area contributed by atoms with Crippen LogP contribution in [-0.4, -0.2) is 97.6 Å². The monoisotopic (exact) mass is 462 g/mol. The summed E-state index contributed by atoms with van der Waals surface area (Å²) in [5, 5.41) is 14.3. The Hall–Kier alpha value is -2.09. The Morgan fingerprint density at radius 1 is 1.09 bits per heavy atom. The van der Waals surface area contributed by atoms with Crippen LogP contribution in [0.2, 0.25) is 0 Å². The van der Waals surface area contributed by atoms with Crippen LogP contribution in [0.3, 0.4) is 0 Å². The summed E-state index contributed by atoms with van der Waals surface area (Å²) in [6.07, 6.45) is 4.45. The maximum absolute atomic E-state index is 13.3. The van der Waals surface area contributed by atoms with Gasteiger partial charge in [0.25, 0.3) is 0 Å². The van der Waals surface area contributed by atoms with Gasteiger partial charge < -0.3 is 19.7 Å². The molecule has 10 heteroatoms. The van der Waals surface area contributed by atoms with Gasteiger partial charge in [0.2, 0.25) is 0 Å². The molecule has 4 rings (SSSR count). The van der Waals surface area contributed by atoms with Crippen molar-refractivity contribution >= 4 is 12.2 Å². The molecule has 0 bridgehead atoms. The van der Waals surface area contributed by atoms with Crippen molar-refractivity contribution in [2.75, 3.05) is 46.4 Å². The predicted octanol–water partition coefficient (Wildman–Crippen LogP) is 1.53. The van der Waals surface area contributed by atoms with Gasteiger partial charge in [0, 0.05) is 39.1 Å². The molecule has 2 N–H and O–H groups in total. The molecule has 0 aromatic rings. The third-order valence-corrected chi connectivity index (χ3v) is 7.85. The maximum atomic E-state index is 13.3. The van der Waals surface area contributed by atoms with Crippen LogP contribution in [-0.2, 0) is 9.47 Å². The van der Waals surface area contributed by atoms with Gasteiger partial charge in [-0.25, -0.2) is 14.6 Å². The van der Waals surface area contributed by atoms with Gasteiger partial charge in [-0.05, 0) is 57.4 Å². The SMILES string of the molecule is COC(=O)N1C2CCC(C3CNN(CCC#N)C3)CC2N(C(=O)OC2CCCNC2)C[C@@H]1C. The van der Waals surface area contributed by atoms with Crippen molar-refractivity contribution in [3.8, 4) is 6.07 Å². The first-order valence-electron chi connectivity index (χ1n) is 12.4. The molecule has 3 aliphatic heterocycles. The van der Waals surface area contributed by atoms with Gasteiger partial charge in [0.1, 0.15) is 6.10 Å². The summed E-state index contributed by atoms with van der Waals surface area (Å²) in [7, 11) is 1.42. The number of nitriles is 1. The van der Waals surface area contributed by atoms with Gasteiger partial charge >= 0.3 is 12.2 Å². The number of amides is 2. The van der Waals surface area contributed by atoms with E-state index in [1.54, 1.807) is 0 Å². The number of hydrogen-bond donors (Lipinski definition) is 2. The predicted molar refractivity (Wildman–Crippen MR) is 121 cm³/mol. The van der Waals surface area contributed by atoms with Crippen molar-refractivity contribution in [1.82, 2.24) is 25.6 Å². The molecule has 6 atom stereocenters. The summed E-state index contributed by atoms with van der Waals surface area (Å²) in [6, 6.07) is 1.96. The van der Waals surface area contributed by atoms with Crippen LogP contribution in [0.25, 0.3) is 0 Å². The third-order valence-electron chi connectivity index (χ3n) is 7.85. The standard InChI is InChI=1S/C23H38N6O4/c1-16-14-28(22(30)33-19-5-3-9-25-13-19)21-11-17(6-7-20(21)29(16)23(31)32-2)18-12-26-27(15-18)10-4-8-24/h16-21,25-26H,3-7,9-15H2,1-2H3/t16-,17?,18?,19?,20?,21?/m0/s1. The van der Waals surface area contributed by atoms with E-state index < -0.39 is 0 Å². The van der Waals surface area contributed by atoms with Crippen LogP contribution in [0.4, 0.5) is 9.59 Å². The fourth-order valence-electron chi connectivity index (χ4n) is 6.18. The molecule has 184 valence electrons.